The SMILES string of the molecule is O=C1NC(=O)c2c1c1c3cc(F)ccc3sc1c1c2c2cc(F)ccc2n1[C@H]1O[C@@H]2CO[C@H]([C@H]1O)[C@@H]2O. The second-order valence-electron chi connectivity index (χ2n) is 9.58. The van der Waals surface area contributed by atoms with E-state index in [0.29, 0.717) is 42.0 Å². The topological polar surface area (TPSA) is 110 Å². The first kappa shape index (κ1) is 21.6. The summed E-state index contributed by atoms with van der Waals surface area (Å²) in [5.74, 6) is -2.30. The molecule has 5 aromatic rings. The first-order chi connectivity index (χ1) is 17.8. The normalized spacial score (nSPS) is 27.2. The van der Waals surface area contributed by atoms with Gasteiger partial charge in [0.25, 0.3) is 11.8 Å². The number of aromatic nitrogens is 1. The van der Waals surface area contributed by atoms with Crippen LogP contribution in [0.25, 0.3) is 42.0 Å². The molecule has 2 saturated heterocycles. The minimum atomic E-state index is -1.29. The van der Waals surface area contributed by atoms with Crippen molar-refractivity contribution >= 4 is 65.1 Å². The molecule has 8 rings (SSSR count). The summed E-state index contributed by atoms with van der Waals surface area (Å²) in [6.07, 6.45) is -4.95. The monoisotopic (exact) mass is 522 g/mol. The molecule has 37 heavy (non-hydrogen) atoms. The molecule has 5 atom stereocenters. The Bertz CT molecular complexity index is 1880. The van der Waals surface area contributed by atoms with E-state index in [9.17, 15) is 28.6 Å². The number of benzene rings is 3. The van der Waals surface area contributed by atoms with Gasteiger partial charge in [0.2, 0.25) is 0 Å². The number of aliphatic hydroxyl groups excluding tert-OH is 2. The zero-order valence-electron chi connectivity index (χ0n) is 18.7. The average molecular weight is 522 g/mol. The Morgan fingerprint density at radius 1 is 0.946 bits per heavy atom. The minimum Gasteiger partial charge on any atom is -0.387 e. The van der Waals surface area contributed by atoms with Crippen molar-refractivity contribution in [1.82, 2.24) is 9.88 Å². The van der Waals surface area contributed by atoms with E-state index in [1.807, 2.05) is 0 Å². The summed E-state index contributed by atoms with van der Waals surface area (Å²) in [6, 6.07) is 8.29. The molecular formula is C26H16F2N2O6S. The number of nitrogens with one attached hydrogen (secondary N) is 1. The summed E-state index contributed by atoms with van der Waals surface area (Å²) in [6.45, 7) is 0.0923. The number of halogens is 2. The van der Waals surface area contributed by atoms with E-state index >= 15 is 0 Å². The van der Waals surface area contributed by atoms with Gasteiger partial charge in [-0.25, -0.2) is 8.78 Å². The molecule has 186 valence electrons. The lowest BCUT2D eigenvalue weighted by molar-refractivity contribution is -0.192. The van der Waals surface area contributed by atoms with Crippen LogP contribution >= 0.6 is 11.3 Å². The lowest BCUT2D eigenvalue weighted by atomic mass is 9.96. The Kier molecular flexibility index (Phi) is 4.14. The molecule has 3 aliphatic heterocycles. The van der Waals surface area contributed by atoms with Gasteiger partial charge in [-0.1, -0.05) is 0 Å². The summed E-state index contributed by atoms with van der Waals surface area (Å²) in [7, 11) is 0. The van der Waals surface area contributed by atoms with E-state index < -0.39 is 54.1 Å². The van der Waals surface area contributed by atoms with Gasteiger partial charge in [0, 0.05) is 26.2 Å². The molecule has 0 aliphatic carbocycles. The number of imide groups is 1. The molecule has 0 radical (unpaired) electrons. The number of nitrogens with zero attached hydrogens (tertiary/aromatic N) is 1. The summed E-state index contributed by atoms with van der Waals surface area (Å²) >= 11 is 1.30. The quantitative estimate of drug-likeness (QED) is 0.292. The zero-order chi connectivity index (χ0) is 25.3. The van der Waals surface area contributed by atoms with Crippen molar-refractivity contribution in [3.8, 4) is 0 Å². The highest BCUT2D eigenvalue weighted by atomic mass is 32.1. The maximum Gasteiger partial charge on any atom is 0.259 e. The van der Waals surface area contributed by atoms with Crippen LogP contribution in [0.3, 0.4) is 0 Å². The summed E-state index contributed by atoms with van der Waals surface area (Å²) in [4.78, 5) is 26.2. The van der Waals surface area contributed by atoms with Crippen molar-refractivity contribution in [2.75, 3.05) is 6.61 Å². The first-order valence-corrected chi connectivity index (χ1v) is 12.4. The van der Waals surface area contributed by atoms with Gasteiger partial charge in [-0.05, 0) is 36.4 Å². The van der Waals surface area contributed by atoms with Gasteiger partial charge in [0.1, 0.15) is 36.1 Å². The van der Waals surface area contributed by atoms with Crippen molar-refractivity contribution in [1.29, 1.82) is 0 Å². The molecule has 3 N–H and O–H groups in total. The number of hydrogen-bond donors (Lipinski definition) is 3. The van der Waals surface area contributed by atoms with E-state index in [1.165, 1.54) is 41.7 Å². The third-order valence-corrected chi connectivity index (χ3v) is 8.81. The van der Waals surface area contributed by atoms with Crippen molar-refractivity contribution < 1.29 is 38.1 Å². The molecule has 0 saturated carbocycles. The van der Waals surface area contributed by atoms with Crippen LogP contribution in [-0.2, 0) is 9.47 Å². The molecule has 8 nitrogen and oxygen atoms in total. The van der Waals surface area contributed by atoms with Gasteiger partial charge in [-0.15, -0.1) is 11.3 Å². The smallest absolute Gasteiger partial charge is 0.259 e. The second-order valence-corrected chi connectivity index (χ2v) is 10.6. The van der Waals surface area contributed by atoms with Gasteiger partial charge in [0.15, 0.2) is 6.23 Å². The van der Waals surface area contributed by atoms with Crippen LogP contribution in [-0.4, -0.2) is 57.6 Å². The molecule has 2 fully saturated rings. The second kappa shape index (κ2) is 7.09. The Morgan fingerprint density at radius 3 is 2.43 bits per heavy atom. The summed E-state index contributed by atoms with van der Waals surface area (Å²) in [5.41, 5.74) is 1.08. The molecule has 2 amide bonds. The largest absolute Gasteiger partial charge is 0.387 e. The molecule has 11 heteroatoms. The molecule has 5 heterocycles. The Labute approximate surface area is 209 Å². The van der Waals surface area contributed by atoms with Crippen molar-refractivity contribution in [3.63, 3.8) is 0 Å². The molecule has 3 aromatic carbocycles. The number of amides is 2. The highest BCUT2D eigenvalue weighted by Crippen LogP contribution is 2.49. The van der Waals surface area contributed by atoms with E-state index in [2.05, 4.69) is 5.32 Å². The van der Waals surface area contributed by atoms with Crippen LogP contribution in [0.15, 0.2) is 36.4 Å². The Morgan fingerprint density at radius 2 is 1.65 bits per heavy atom. The molecular weight excluding hydrogens is 506 g/mol. The van der Waals surface area contributed by atoms with Gasteiger partial charge >= 0.3 is 0 Å². The number of thiophene rings is 1. The van der Waals surface area contributed by atoms with Crippen molar-refractivity contribution in [3.05, 3.63) is 59.2 Å². The van der Waals surface area contributed by atoms with E-state index in [1.54, 1.807) is 10.6 Å². The zero-order valence-corrected chi connectivity index (χ0v) is 19.5. The number of carbonyl (C=O) groups is 2. The van der Waals surface area contributed by atoms with Gasteiger partial charge in [-0.3, -0.25) is 14.9 Å². The fourth-order valence-corrected chi connectivity index (χ4v) is 7.35. The van der Waals surface area contributed by atoms with Crippen molar-refractivity contribution in [2.45, 2.75) is 30.6 Å². The number of rotatable bonds is 1. The van der Waals surface area contributed by atoms with Gasteiger partial charge in [0.05, 0.1) is 33.5 Å². The third kappa shape index (κ3) is 2.62. The number of ether oxygens (including phenoxy) is 2. The average Bonchev–Trinajstić information content (AvgIpc) is 3.55. The standard InChI is InChI=1S/C26H16F2N2O6S/c27-8-1-3-12-10(5-8)15-17-18(25(34)29-24(17)33)16-11-6-9(28)2-4-14(11)37-23(16)19(15)30(12)26-21(32)22-20(31)13(36-26)7-35-22/h1-6,13,20-22,26,31-32H,7H2,(H,29,33,34)/t13-,20-,21-,22+,26+/m1/s1. The number of carbonyl (C=O) groups excluding carboxylic acids is 2. The van der Waals surface area contributed by atoms with Crippen LogP contribution in [0.2, 0.25) is 0 Å². The van der Waals surface area contributed by atoms with Crippen LogP contribution < -0.4 is 5.32 Å². The number of fused-ring (bicyclic) bond motifs is 12. The molecule has 3 aliphatic rings. The minimum absolute atomic E-state index is 0.0652. The number of aliphatic hydroxyl groups is 2. The van der Waals surface area contributed by atoms with Crippen LogP contribution in [0.4, 0.5) is 8.78 Å². The van der Waals surface area contributed by atoms with E-state index in [-0.39, 0.29) is 17.7 Å². The highest BCUT2D eigenvalue weighted by molar-refractivity contribution is 7.26. The van der Waals surface area contributed by atoms with E-state index in [0.717, 1.165) is 0 Å². The lowest BCUT2D eigenvalue weighted by Gasteiger charge is -2.36. The molecule has 0 spiro atoms. The van der Waals surface area contributed by atoms with E-state index in [4.69, 9.17) is 9.47 Å². The maximum atomic E-state index is 14.6. The van der Waals surface area contributed by atoms with Crippen LogP contribution in [0, 0.1) is 11.6 Å². The van der Waals surface area contributed by atoms with Gasteiger partial charge < -0.3 is 24.3 Å². The number of hydrogen-bond acceptors (Lipinski definition) is 7. The maximum absolute atomic E-state index is 14.6. The lowest BCUT2D eigenvalue weighted by Crippen LogP contribution is -2.50. The Hall–Kier alpha value is -3.48. The Balaban J connectivity index is 1.61. The molecule has 2 aromatic heterocycles. The van der Waals surface area contributed by atoms with Crippen LogP contribution in [0.1, 0.15) is 26.9 Å². The third-order valence-electron chi connectivity index (χ3n) is 7.63. The predicted octanol–water partition coefficient (Wildman–Crippen LogP) is 3.34. The first-order valence-electron chi connectivity index (χ1n) is 11.6. The van der Waals surface area contributed by atoms with Crippen LogP contribution in [0.5, 0.6) is 0 Å². The predicted molar refractivity (Wildman–Crippen MR) is 130 cm³/mol. The van der Waals surface area contributed by atoms with Gasteiger partial charge in [-0.2, -0.15) is 0 Å². The summed E-state index contributed by atoms with van der Waals surface area (Å²) in [5, 5.41) is 25.6. The van der Waals surface area contributed by atoms with Crippen molar-refractivity contribution in [2.24, 2.45) is 0 Å². The fraction of sp³-hybridized carbons (Fsp3) is 0.231. The molecule has 2 bridgehead atoms. The summed E-state index contributed by atoms with van der Waals surface area (Å²) < 4.78 is 43.6. The molecule has 0 unspecified atom stereocenters. The fourth-order valence-electron chi connectivity index (χ4n) is 6.11. The highest BCUT2D eigenvalue weighted by Gasteiger charge is 2.51.